The van der Waals surface area contributed by atoms with Crippen molar-refractivity contribution in [2.75, 3.05) is 5.73 Å². The lowest BCUT2D eigenvalue weighted by Gasteiger charge is -2.11. The van der Waals surface area contributed by atoms with E-state index < -0.39 is 0 Å². The Morgan fingerprint density at radius 2 is 2.05 bits per heavy atom. The van der Waals surface area contributed by atoms with E-state index in [0.29, 0.717) is 5.92 Å². The van der Waals surface area contributed by atoms with E-state index in [1.165, 1.54) is 31.2 Å². The van der Waals surface area contributed by atoms with E-state index in [0.717, 1.165) is 29.4 Å². The third kappa shape index (κ3) is 2.48. The number of nitrogens with zero attached hydrogens (tertiary/aromatic N) is 2. The first-order chi connectivity index (χ1) is 10.2. The van der Waals surface area contributed by atoms with Gasteiger partial charge in [-0.25, -0.2) is 4.98 Å². The molecule has 0 saturated heterocycles. The number of nitrogen functional groups attached to an aromatic ring is 1. The summed E-state index contributed by atoms with van der Waals surface area (Å²) in [6.45, 7) is 6.70. The van der Waals surface area contributed by atoms with Gasteiger partial charge in [-0.1, -0.05) is 43.2 Å². The van der Waals surface area contributed by atoms with Crippen molar-refractivity contribution in [3.63, 3.8) is 0 Å². The molecule has 2 N–H and O–H groups in total. The zero-order valence-corrected chi connectivity index (χ0v) is 12.7. The Morgan fingerprint density at radius 3 is 2.71 bits per heavy atom. The molecule has 3 nitrogen and oxygen atoms in total. The van der Waals surface area contributed by atoms with Gasteiger partial charge in [-0.3, -0.25) is 0 Å². The molecule has 2 aromatic rings. The first kappa shape index (κ1) is 13.9. The van der Waals surface area contributed by atoms with Gasteiger partial charge in [0, 0.05) is 18.0 Å². The van der Waals surface area contributed by atoms with E-state index in [1.807, 2.05) is 18.2 Å². The van der Waals surface area contributed by atoms with Crippen LogP contribution in [-0.4, -0.2) is 9.55 Å². The monoisotopic (exact) mass is 281 g/mol. The molecule has 3 rings (SSSR count). The summed E-state index contributed by atoms with van der Waals surface area (Å²) in [6, 6.07) is 8.30. The molecular weight excluding hydrogens is 258 g/mol. The summed E-state index contributed by atoms with van der Waals surface area (Å²) < 4.78 is 2.14. The van der Waals surface area contributed by atoms with Crippen molar-refractivity contribution in [2.45, 2.75) is 45.1 Å². The number of rotatable bonds is 4. The number of hydrogen-bond donors (Lipinski definition) is 1. The fraction of sp³-hybridized carbons (Fsp3) is 0.389. The Bertz CT molecular complexity index is 648. The number of nitrogens with two attached hydrogens (primary N) is 1. The number of benzene rings is 1. The molecule has 0 spiro atoms. The minimum Gasteiger partial charge on any atom is -0.383 e. The zero-order chi connectivity index (χ0) is 14.8. The average Bonchev–Trinajstić information content (AvgIpc) is 3.10. The fourth-order valence-electron chi connectivity index (χ4n) is 3.34. The van der Waals surface area contributed by atoms with E-state index in [4.69, 9.17) is 10.7 Å². The molecule has 1 aromatic heterocycles. The summed E-state index contributed by atoms with van der Waals surface area (Å²) in [7, 11) is 0. The van der Waals surface area contributed by atoms with Gasteiger partial charge in [0.1, 0.15) is 17.3 Å². The first-order valence-corrected chi connectivity index (χ1v) is 7.75. The molecule has 1 aliphatic rings. The molecule has 1 fully saturated rings. The highest BCUT2D eigenvalue weighted by molar-refractivity contribution is 5.73. The molecule has 0 bridgehead atoms. The number of imidazole rings is 1. The zero-order valence-electron chi connectivity index (χ0n) is 12.7. The SMILES string of the molecule is C=CCn1c(C2CCCC2)nc(-c2ccccc2C)c1N. The lowest BCUT2D eigenvalue weighted by molar-refractivity contribution is 0.618. The second-order valence-electron chi connectivity index (χ2n) is 5.90. The highest BCUT2D eigenvalue weighted by Crippen LogP contribution is 2.38. The van der Waals surface area contributed by atoms with Gasteiger partial charge in [0.25, 0.3) is 0 Å². The standard InChI is InChI=1S/C18H23N3/c1-3-12-21-17(19)16(15-11-7-4-8-13(15)2)20-18(21)14-9-5-6-10-14/h3-4,7-8,11,14H,1,5-6,9-10,12,19H2,2H3. The quantitative estimate of drug-likeness (QED) is 0.850. The lowest BCUT2D eigenvalue weighted by atomic mass is 10.1. The van der Waals surface area contributed by atoms with Crippen LogP contribution in [0.2, 0.25) is 0 Å². The summed E-state index contributed by atoms with van der Waals surface area (Å²) >= 11 is 0. The molecule has 0 radical (unpaired) electrons. The molecule has 0 amide bonds. The second-order valence-corrected chi connectivity index (χ2v) is 5.90. The summed E-state index contributed by atoms with van der Waals surface area (Å²) in [6.07, 6.45) is 6.94. The number of anilines is 1. The molecular formula is C18H23N3. The molecule has 1 aromatic carbocycles. The number of aryl methyl sites for hydroxylation is 1. The largest absolute Gasteiger partial charge is 0.383 e. The first-order valence-electron chi connectivity index (χ1n) is 7.75. The van der Waals surface area contributed by atoms with Crippen molar-refractivity contribution < 1.29 is 0 Å². The average molecular weight is 281 g/mol. The van der Waals surface area contributed by atoms with Crippen molar-refractivity contribution in [1.82, 2.24) is 9.55 Å². The van der Waals surface area contributed by atoms with Crippen molar-refractivity contribution in [3.05, 3.63) is 48.3 Å². The molecule has 21 heavy (non-hydrogen) atoms. The van der Waals surface area contributed by atoms with Crippen LogP contribution >= 0.6 is 0 Å². The van der Waals surface area contributed by atoms with Gasteiger partial charge in [-0.15, -0.1) is 6.58 Å². The van der Waals surface area contributed by atoms with Crippen LogP contribution in [0.25, 0.3) is 11.3 Å². The van der Waals surface area contributed by atoms with E-state index in [-0.39, 0.29) is 0 Å². The Labute approximate surface area is 126 Å². The van der Waals surface area contributed by atoms with Crippen LogP contribution in [0.1, 0.15) is 43.0 Å². The molecule has 1 saturated carbocycles. The van der Waals surface area contributed by atoms with Crippen LogP contribution < -0.4 is 5.73 Å². The van der Waals surface area contributed by atoms with Crippen LogP contribution in [0.4, 0.5) is 5.82 Å². The van der Waals surface area contributed by atoms with Gasteiger partial charge >= 0.3 is 0 Å². The van der Waals surface area contributed by atoms with Gasteiger partial charge in [0.2, 0.25) is 0 Å². The smallest absolute Gasteiger partial charge is 0.132 e. The minimum atomic E-state index is 0.546. The van der Waals surface area contributed by atoms with Crippen LogP contribution in [0.3, 0.4) is 0 Å². The third-order valence-electron chi connectivity index (χ3n) is 4.47. The molecule has 0 atom stereocenters. The second kappa shape index (κ2) is 5.76. The van der Waals surface area contributed by atoms with Crippen molar-refractivity contribution in [3.8, 4) is 11.3 Å². The minimum absolute atomic E-state index is 0.546. The van der Waals surface area contributed by atoms with E-state index in [1.54, 1.807) is 0 Å². The maximum atomic E-state index is 6.41. The third-order valence-corrected chi connectivity index (χ3v) is 4.47. The summed E-state index contributed by atoms with van der Waals surface area (Å²) in [5, 5.41) is 0. The van der Waals surface area contributed by atoms with Crippen LogP contribution in [0.15, 0.2) is 36.9 Å². The van der Waals surface area contributed by atoms with Crippen LogP contribution in [0.5, 0.6) is 0 Å². The maximum absolute atomic E-state index is 6.41. The van der Waals surface area contributed by atoms with Gasteiger partial charge in [0.05, 0.1) is 0 Å². The lowest BCUT2D eigenvalue weighted by Crippen LogP contribution is -2.08. The predicted molar refractivity (Wildman–Crippen MR) is 88.2 cm³/mol. The molecule has 3 heteroatoms. The van der Waals surface area contributed by atoms with Crippen molar-refractivity contribution >= 4 is 5.82 Å². The number of allylic oxidation sites excluding steroid dienone is 1. The maximum Gasteiger partial charge on any atom is 0.132 e. The van der Waals surface area contributed by atoms with Crippen molar-refractivity contribution in [1.29, 1.82) is 0 Å². The van der Waals surface area contributed by atoms with Crippen molar-refractivity contribution in [2.24, 2.45) is 0 Å². The molecule has 0 unspecified atom stereocenters. The van der Waals surface area contributed by atoms with E-state index in [9.17, 15) is 0 Å². The Morgan fingerprint density at radius 1 is 1.33 bits per heavy atom. The Balaban J connectivity index is 2.11. The Kier molecular flexibility index (Phi) is 3.82. The van der Waals surface area contributed by atoms with Gasteiger partial charge in [0.15, 0.2) is 0 Å². The highest BCUT2D eigenvalue weighted by atomic mass is 15.1. The Hall–Kier alpha value is -2.03. The molecule has 1 heterocycles. The normalized spacial score (nSPS) is 15.5. The fourth-order valence-corrected chi connectivity index (χ4v) is 3.34. The van der Waals surface area contributed by atoms with Gasteiger partial charge in [-0.2, -0.15) is 0 Å². The number of hydrogen-bond acceptors (Lipinski definition) is 2. The summed E-state index contributed by atoms with van der Waals surface area (Å²) in [4.78, 5) is 4.93. The number of aromatic nitrogens is 2. The summed E-state index contributed by atoms with van der Waals surface area (Å²) in [5.74, 6) is 2.46. The highest BCUT2D eigenvalue weighted by Gasteiger charge is 2.25. The van der Waals surface area contributed by atoms with Gasteiger partial charge < -0.3 is 10.3 Å². The van der Waals surface area contributed by atoms with E-state index in [2.05, 4.69) is 30.2 Å². The van der Waals surface area contributed by atoms with E-state index >= 15 is 0 Å². The molecule has 0 aliphatic heterocycles. The van der Waals surface area contributed by atoms with Gasteiger partial charge in [-0.05, 0) is 25.3 Å². The molecule has 110 valence electrons. The van der Waals surface area contributed by atoms with Crippen LogP contribution in [0, 0.1) is 6.92 Å². The topological polar surface area (TPSA) is 43.8 Å². The summed E-state index contributed by atoms with van der Waals surface area (Å²) in [5.41, 5.74) is 9.69. The molecule has 1 aliphatic carbocycles. The predicted octanol–water partition coefficient (Wildman–Crippen LogP) is 4.28. The van der Waals surface area contributed by atoms with Crippen LogP contribution in [-0.2, 0) is 6.54 Å².